The maximum absolute atomic E-state index is 11.5. The van der Waals surface area contributed by atoms with Gasteiger partial charge in [0.05, 0.1) is 43.1 Å². The lowest BCUT2D eigenvalue weighted by atomic mass is 9.83. The summed E-state index contributed by atoms with van der Waals surface area (Å²) < 4.78 is 36.2. The minimum absolute atomic E-state index is 0.0270. The van der Waals surface area contributed by atoms with Crippen LogP contribution in [0, 0.1) is 0 Å². The summed E-state index contributed by atoms with van der Waals surface area (Å²) in [6.45, 7) is 0.203. The number of hydrogen-bond acceptors (Lipinski definition) is 17. The summed E-state index contributed by atoms with van der Waals surface area (Å²) in [6.07, 6.45) is -8.40. The summed E-state index contributed by atoms with van der Waals surface area (Å²) in [5.41, 5.74) is 36.2. The Balaban J connectivity index is 1.51. The fourth-order valence-corrected chi connectivity index (χ4v) is 6.10. The molecule has 3 aliphatic heterocycles. The number of rotatable bonds is 13. The molecule has 0 aromatic rings. The van der Waals surface area contributed by atoms with Crippen molar-refractivity contribution in [2.24, 2.45) is 34.4 Å². The van der Waals surface area contributed by atoms with Crippen molar-refractivity contribution in [3.05, 3.63) is 0 Å². The predicted molar refractivity (Wildman–Crippen MR) is 152 cm³/mol. The highest BCUT2D eigenvalue weighted by Gasteiger charge is 2.53. The first-order chi connectivity index (χ1) is 20.6. The molecule has 252 valence electrons. The highest BCUT2D eigenvalue weighted by Crippen LogP contribution is 2.34. The van der Waals surface area contributed by atoms with Gasteiger partial charge in [0, 0.05) is 38.3 Å². The van der Waals surface area contributed by atoms with Crippen molar-refractivity contribution in [3.8, 4) is 0 Å². The van der Waals surface area contributed by atoms with Gasteiger partial charge in [0.25, 0.3) is 0 Å². The number of aliphatic hydroxyl groups is 4. The van der Waals surface area contributed by atoms with E-state index in [0.717, 1.165) is 0 Å². The lowest BCUT2D eigenvalue weighted by Gasteiger charge is -2.47. The number of nitrogens with one attached hydrogen (secondary N) is 1. The Bertz CT molecular complexity index is 841. The predicted octanol–water partition coefficient (Wildman–Crippen LogP) is -5.83. The van der Waals surface area contributed by atoms with Crippen LogP contribution in [0.25, 0.3) is 0 Å². The Labute approximate surface area is 251 Å². The summed E-state index contributed by atoms with van der Waals surface area (Å²) >= 11 is 0. The zero-order valence-electron chi connectivity index (χ0n) is 24.5. The van der Waals surface area contributed by atoms with Crippen LogP contribution < -0.4 is 39.7 Å². The second-order valence-electron chi connectivity index (χ2n) is 12.0. The molecule has 17 heteroatoms. The van der Waals surface area contributed by atoms with Crippen LogP contribution in [-0.2, 0) is 28.4 Å². The van der Waals surface area contributed by atoms with E-state index in [1.54, 1.807) is 0 Å². The van der Waals surface area contributed by atoms with Crippen molar-refractivity contribution in [1.29, 1.82) is 0 Å². The van der Waals surface area contributed by atoms with Crippen molar-refractivity contribution < 1.29 is 48.8 Å². The summed E-state index contributed by atoms with van der Waals surface area (Å²) in [5, 5.41) is 45.9. The minimum Gasteiger partial charge on any atom is -0.394 e. The third-order valence-electron chi connectivity index (χ3n) is 8.78. The van der Waals surface area contributed by atoms with Crippen LogP contribution in [0.5, 0.6) is 0 Å². The summed E-state index contributed by atoms with van der Waals surface area (Å²) in [5.74, 6) is 0. The van der Waals surface area contributed by atoms with Gasteiger partial charge < -0.3 is 88.6 Å². The first kappa shape index (κ1) is 35.2. The van der Waals surface area contributed by atoms with Gasteiger partial charge in [0.2, 0.25) is 0 Å². The highest BCUT2D eigenvalue weighted by atomic mass is 16.8. The van der Waals surface area contributed by atoms with Gasteiger partial charge in [-0.15, -0.1) is 0 Å². The van der Waals surface area contributed by atoms with Gasteiger partial charge >= 0.3 is 0 Å². The van der Waals surface area contributed by atoms with Crippen molar-refractivity contribution in [1.82, 2.24) is 5.32 Å². The Hall–Kier alpha value is -0.680. The van der Waals surface area contributed by atoms with Crippen LogP contribution in [0.2, 0.25) is 0 Å². The fourth-order valence-electron chi connectivity index (χ4n) is 6.10. The molecular weight excluding hydrogens is 570 g/mol. The van der Waals surface area contributed by atoms with Gasteiger partial charge in [0.15, 0.2) is 18.9 Å². The van der Waals surface area contributed by atoms with E-state index in [1.807, 2.05) is 0 Å². The van der Waals surface area contributed by atoms with Gasteiger partial charge in [-0.1, -0.05) is 0 Å². The first-order valence-electron chi connectivity index (χ1n) is 15.3. The van der Waals surface area contributed by atoms with Crippen molar-refractivity contribution in [2.75, 3.05) is 32.8 Å². The lowest BCUT2D eigenvalue weighted by molar-refractivity contribution is -0.288. The second-order valence-corrected chi connectivity index (χ2v) is 12.0. The van der Waals surface area contributed by atoms with Gasteiger partial charge in [-0.2, -0.15) is 0 Å². The van der Waals surface area contributed by atoms with Gasteiger partial charge in [-0.05, 0) is 32.1 Å². The maximum atomic E-state index is 11.5. The van der Waals surface area contributed by atoms with E-state index in [9.17, 15) is 20.4 Å². The third kappa shape index (κ3) is 8.57. The molecule has 3 heterocycles. The average Bonchev–Trinajstić information content (AvgIpc) is 3.30. The molecule has 17 nitrogen and oxygen atoms in total. The maximum Gasteiger partial charge on any atom is 0.187 e. The monoisotopic (exact) mass is 623 g/mol. The minimum atomic E-state index is -1.41. The van der Waals surface area contributed by atoms with E-state index in [4.69, 9.17) is 62.8 Å². The molecular formula is C26H53N7O10. The summed E-state index contributed by atoms with van der Waals surface area (Å²) in [7, 11) is 0. The topological polar surface area (TPSA) is 304 Å². The molecule has 4 rings (SSSR count). The molecule has 1 aliphatic carbocycles. The SMILES string of the molecule is NCC(O)CN[C@@H]1C[C@H](N)[C@@H](O[C@H]2O[C@H](CN)CC[C@H]2N)[C@H](O[C@@H]2O[C@H](CO)[C@@H](O[C@H]3O[C@@H](CN)CC[C@H]3N)[C@H]2O)[C@H]1O. The molecule has 0 radical (unpaired) electrons. The highest BCUT2D eigenvalue weighted by molar-refractivity contribution is 5.02. The number of hydrogen-bond donors (Lipinski definition) is 11. The molecule has 1 unspecified atom stereocenters. The number of ether oxygens (including phenoxy) is 6. The Morgan fingerprint density at radius 2 is 1.28 bits per heavy atom. The average molecular weight is 624 g/mol. The zero-order valence-corrected chi connectivity index (χ0v) is 24.5. The molecule has 3 saturated heterocycles. The van der Waals surface area contributed by atoms with Gasteiger partial charge in [-0.3, -0.25) is 0 Å². The molecule has 0 aromatic heterocycles. The molecule has 0 amide bonds. The summed E-state index contributed by atoms with van der Waals surface area (Å²) in [6, 6.07) is -2.25. The van der Waals surface area contributed by atoms with E-state index in [1.165, 1.54) is 0 Å². The van der Waals surface area contributed by atoms with E-state index < -0.39 is 92.4 Å². The molecule has 1 saturated carbocycles. The number of aliphatic hydroxyl groups excluding tert-OH is 4. The third-order valence-corrected chi connectivity index (χ3v) is 8.78. The first-order valence-corrected chi connectivity index (χ1v) is 15.3. The normalized spacial score (nSPS) is 46.6. The molecule has 43 heavy (non-hydrogen) atoms. The van der Waals surface area contributed by atoms with Gasteiger partial charge in [0.1, 0.15) is 30.5 Å². The van der Waals surface area contributed by atoms with E-state index in [-0.39, 0.29) is 44.8 Å². The largest absolute Gasteiger partial charge is 0.394 e. The lowest BCUT2D eigenvalue weighted by Crippen LogP contribution is -2.66. The van der Waals surface area contributed by atoms with Crippen LogP contribution in [-0.4, -0.2) is 151 Å². The van der Waals surface area contributed by atoms with Crippen LogP contribution >= 0.6 is 0 Å². The quantitative estimate of drug-likeness (QED) is 0.0910. The standard InChI is InChI=1S/C26H53N7O10/c27-6-11(35)9-33-17-5-16(32)21(41-24-14(30)3-1-12(7-28)38-24)23(19(17)36)43-26-20(37)22(18(10-34)40-26)42-25-15(31)4-2-13(8-29)39-25/h11-26,33-37H,1-10,27-32H2/t11?,12-,13+,14+,15+,16-,17+,18+,19-,20+,21+,22+,23+,24+,25+,26-/m0/s1. The van der Waals surface area contributed by atoms with Crippen molar-refractivity contribution >= 4 is 0 Å². The Morgan fingerprint density at radius 1 is 0.721 bits per heavy atom. The van der Waals surface area contributed by atoms with Crippen molar-refractivity contribution in [3.63, 3.8) is 0 Å². The van der Waals surface area contributed by atoms with Crippen LogP contribution in [0.3, 0.4) is 0 Å². The molecule has 0 spiro atoms. The molecule has 0 bridgehead atoms. The van der Waals surface area contributed by atoms with E-state index in [2.05, 4.69) is 5.32 Å². The van der Waals surface area contributed by atoms with Gasteiger partial charge in [-0.25, -0.2) is 0 Å². The Morgan fingerprint density at radius 3 is 1.81 bits per heavy atom. The zero-order chi connectivity index (χ0) is 31.3. The summed E-state index contributed by atoms with van der Waals surface area (Å²) in [4.78, 5) is 0. The Kier molecular flexibility index (Phi) is 13.3. The molecule has 4 fully saturated rings. The molecule has 17 N–H and O–H groups in total. The van der Waals surface area contributed by atoms with Crippen LogP contribution in [0.15, 0.2) is 0 Å². The van der Waals surface area contributed by atoms with Crippen LogP contribution in [0.1, 0.15) is 32.1 Å². The smallest absolute Gasteiger partial charge is 0.187 e. The fraction of sp³-hybridized carbons (Fsp3) is 1.00. The molecule has 0 aromatic carbocycles. The van der Waals surface area contributed by atoms with Crippen LogP contribution in [0.4, 0.5) is 0 Å². The second kappa shape index (κ2) is 16.2. The molecule has 16 atom stereocenters. The van der Waals surface area contributed by atoms with E-state index >= 15 is 0 Å². The number of nitrogens with two attached hydrogens (primary N) is 6. The van der Waals surface area contributed by atoms with E-state index in [0.29, 0.717) is 25.7 Å². The van der Waals surface area contributed by atoms with Crippen molar-refractivity contribution in [2.45, 2.75) is 130 Å². The molecule has 4 aliphatic rings.